The van der Waals surface area contributed by atoms with Crippen molar-refractivity contribution in [3.63, 3.8) is 0 Å². The molecule has 3 aromatic rings. The van der Waals surface area contributed by atoms with E-state index in [1.807, 2.05) is 36.2 Å². The molecule has 3 heterocycles. The van der Waals surface area contributed by atoms with E-state index in [1.165, 1.54) is 0 Å². The maximum Gasteiger partial charge on any atom is 0.152 e. The number of aromatic nitrogens is 2. The van der Waals surface area contributed by atoms with Crippen LogP contribution in [0.2, 0.25) is 5.02 Å². The van der Waals surface area contributed by atoms with Gasteiger partial charge in [-0.3, -0.25) is 0 Å². The molecule has 1 aromatic carbocycles. The summed E-state index contributed by atoms with van der Waals surface area (Å²) in [4.78, 5) is 11.7. The molecule has 0 saturated carbocycles. The van der Waals surface area contributed by atoms with Crippen LogP contribution in [0, 0.1) is 0 Å². The largest absolute Gasteiger partial charge is 0.355 e. The molecule has 0 amide bonds. The zero-order valence-electron chi connectivity index (χ0n) is 13.5. The molecular weight excluding hydrogens is 378 g/mol. The predicted molar refractivity (Wildman–Crippen MR) is 103 cm³/mol. The zero-order valence-corrected chi connectivity index (χ0v) is 15.9. The third-order valence-corrected chi connectivity index (χ3v) is 7.48. The molecule has 1 fully saturated rings. The van der Waals surface area contributed by atoms with Crippen molar-refractivity contribution >= 4 is 48.8 Å². The molecule has 1 atom stereocenters. The van der Waals surface area contributed by atoms with Crippen molar-refractivity contribution < 1.29 is 8.42 Å². The van der Waals surface area contributed by atoms with E-state index in [1.54, 1.807) is 17.7 Å². The summed E-state index contributed by atoms with van der Waals surface area (Å²) in [7, 11) is -1.04. The van der Waals surface area contributed by atoms with E-state index in [0.29, 0.717) is 11.4 Å². The number of fused-ring (bicyclic) bond motifs is 1. The minimum absolute atomic E-state index is 0.0546. The van der Waals surface area contributed by atoms with Gasteiger partial charge >= 0.3 is 0 Å². The molecule has 4 rings (SSSR count). The molecule has 0 bridgehead atoms. The van der Waals surface area contributed by atoms with Crippen LogP contribution in [0.4, 0.5) is 5.82 Å². The van der Waals surface area contributed by atoms with Gasteiger partial charge in [-0.05, 0) is 24.1 Å². The van der Waals surface area contributed by atoms with Gasteiger partial charge in [0.15, 0.2) is 9.84 Å². The third kappa shape index (κ3) is 3.12. The Hall–Kier alpha value is -1.70. The second kappa shape index (κ2) is 6.23. The second-order valence-electron chi connectivity index (χ2n) is 6.20. The number of thiophene rings is 1. The highest BCUT2D eigenvalue weighted by Crippen LogP contribution is 2.38. The SMILES string of the molecule is CN(c1ncnc2scc(-c3ccc(Cl)cc3)c12)C1CCS(=O)(=O)C1. The quantitative estimate of drug-likeness (QED) is 0.679. The molecule has 0 aliphatic carbocycles. The van der Waals surface area contributed by atoms with E-state index in [0.717, 1.165) is 27.2 Å². The Kier molecular flexibility index (Phi) is 4.17. The van der Waals surface area contributed by atoms with E-state index in [-0.39, 0.29) is 17.5 Å². The van der Waals surface area contributed by atoms with Gasteiger partial charge < -0.3 is 4.90 Å². The number of sulfone groups is 1. The Morgan fingerprint density at radius 1 is 1.24 bits per heavy atom. The highest BCUT2D eigenvalue weighted by atomic mass is 35.5. The second-order valence-corrected chi connectivity index (χ2v) is 9.72. The summed E-state index contributed by atoms with van der Waals surface area (Å²) < 4.78 is 23.7. The fourth-order valence-corrected chi connectivity index (χ4v) is 6.03. The first kappa shape index (κ1) is 16.8. The summed E-state index contributed by atoms with van der Waals surface area (Å²) in [6, 6.07) is 7.61. The topological polar surface area (TPSA) is 63.2 Å². The molecule has 5 nitrogen and oxygen atoms in total. The first-order valence-electron chi connectivity index (χ1n) is 7.86. The Morgan fingerprint density at radius 2 is 2.00 bits per heavy atom. The summed E-state index contributed by atoms with van der Waals surface area (Å²) in [6.45, 7) is 0. The number of rotatable bonds is 3. The standard InChI is InChI=1S/C17H16ClN3O2S2/c1-21(13-6-7-25(22,23)9-13)16-15-14(8-24-17(15)20-10-19-16)11-2-4-12(18)5-3-11/h2-5,8,10,13H,6-7,9H2,1H3. The minimum atomic E-state index is -2.95. The lowest BCUT2D eigenvalue weighted by atomic mass is 10.1. The Bertz CT molecular complexity index is 1030. The van der Waals surface area contributed by atoms with Crippen LogP contribution < -0.4 is 4.90 Å². The van der Waals surface area contributed by atoms with Crippen molar-refractivity contribution in [1.82, 2.24) is 9.97 Å². The van der Waals surface area contributed by atoms with Crippen LogP contribution in [0.1, 0.15) is 6.42 Å². The van der Waals surface area contributed by atoms with Gasteiger partial charge in [0.05, 0.1) is 16.9 Å². The Morgan fingerprint density at radius 3 is 2.68 bits per heavy atom. The molecule has 25 heavy (non-hydrogen) atoms. The highest BCUT2D eigenvalue weighted by Gasteiger charge is 2.32. The molecule has 2 aromatic heterocycles. The first-order valence-corrected chi connectivity index (χ1v) is 10.9. The molecule has 1 unspecified atom stereocenters. The number of hydrogen-bond acceptors (Lipinski definition) is 6. The highest BCUT2D eigenvalue weighted by molar-refractivity contribution is 7.91. The van der Waals surface area contributed by atoms with Gasteiger partial charge in [0, 0.05) is 29.1 Å². The van der Waals surface area contributed by atoms with Gasteiger partial charge in [0.25, 0.3) is 0 Å². The van der Waals surface area contributed by atoms with Crippen LogP contribution in [0.3, 0.4) is 0 Å². The van der Waals surface area contributed by atoms with E-state index in [4.69, 9.17) is 11.6 Å². The lowest BCUT2D eigenvalue weighted by molar-refractivity contribution is 0.600. The Labute approximate surface area is 155 Å². The molecule has 130 valence electrons. The van der Waals surface area contributed by atoms with E-state index >= 15 is 0 Å². The number of benzene rings is 1. The van der Waals surface area contributed by atoms with Crippen molar-refractivity contribution in [2.45, 2.75) is 12.5 Å². The van der Waals surface area contributed by atoms with Crippen molar-refractivity contribution in [3.8, 4) is 11.1 Å². The summed E-state index contributed by atoms with van der Waals surface area (Å²) in [5, 5.41) is 3.71. The van der Waals surface area contributed by atoms with E-state index in [9.17, 15) is 8.42 Å². The van der Waals surface area contributed by atoms with Crippen LogP contribution in [-0.2, 0) is 9.84 Å². The van der Waals surface area contributed by atoms with Gasteiger partial charge in [0.1, 0.15) is 17.0 Å². The maximum atomic E-state index is 11.8. The summed E-state index contributed by atoms with van der Waals surface area (Å²) in [6.07, 6.45) is 2.17. The number of anilines is 1. The number of hydrogen-bond donors (Lipinski definition) is 0. The third-order valence-electron chi connectivity index (χ3n) is 4.60. The Balaban J connectivity index is 1.82. The predicted octanol–water partition coefficient (Wildman–Crippen LogP) is 3.64. The molecule has 1 saturated heterocycles. The minimum Gasteiger partial charge on any atom is -0.355 e. The van der Waals surface area contributed by atoms with Gasteiger partial charge in [-0.15, -0.1) is 11.3 Å². The smallest absolute Gasteiger partial charge is 0.152 e. The van der Waals surface area contributed by atoms with Crippen LogP contribution in [0.25, 0.3) is 21.3 Å². The zero-order chi connectivity index (χ0) is 17.6. The van der Waals surface area contributed by atoms with Crippen LogP contribution in [-0.4, -0.2) is 43.0 Å². The summed E-state index contributed by atoms with van der Waals surface area (Å²) in [5.74, 6) is 1.19. The van der Waals surface area contributed by atoms with Gasteiger partial charge in [0.2, 0.25) is 0 Å². The summed E-state index contributed by atoms with van der Waals surface area (Å²) in [5.41, 5.74) is 2.08. The van der Waals surface area contributed by atoms with Crippen LogP contribution in [0.15, 0.2) is 36.0 Å². The van der Waals surface area contributed by atoms with Gasteiger partial charge in [-0.1, -0.05) is 23.7 Å². The van der Waals surface area contributed by atoms with Crippen LogP contribution >= 0.6 is 22.9 Å². The molecule has 1 aliphatic heterocycles. The fourth-order valence-electron chi connectivity index (χ4n) is 3.22. The van der Waals surface area contributed by atoms with Crippen LogP contribution in [0.5, 0.6) is 0 Å². The maximum absolute atomic E-state index is 11.8. The monoisotopic (exact) mass is 393 g/mol. The normalized spacial score (nSPS) is 19.4. The average molecular weight is 394 g/mol. The molecule has 0 spiro atoms. The van der Waals surface area contributed by atoms with E-state index < -0.39 is 9.84 Å². The lowest BCUT2D eigenvalue weighted by Gasteiger charge is -2.25. The van der Waals surface area contributed by atoms with Crippen molar-refractivity contribution in [1.29, 1.82) is 0 Å². The van der Waals surface area contributed by atoms with Crippen molar-refractivity contribution in [2.24, 2.45) is 0 Å². The lowest BCUT2D eigenvalue weighted by Crippen LogP contribution is -2.33. The fraction of sp³-hybridized carbons (Fsp3) is 0.294. The van der Waals surface area contributed by atoms with Crippen molar-refractivity contribution in [3.05, 3.63) is 41.0 Å². The molecule has 0 radical (unpaired) electrons. The van der Waals surface area contributed by atoms with Gasteiger partial charge in [-0.2, -0.15) is 0 Å². The molecular formula is C17H16ClN3O2S2. The summed E-state index contributed by atoms with van der Waals surface area (Å²) >= 11 is 7.56. The molecule has 1 aliphatic rings. The number of nitrogens with zero attached hydrogens (tertiary/aromatic N) is 3. The van der Waals surface area contributed by atoms with E-state index in [2.05, 4.69) is 15.3 Å². The average Bonchev–Trinajstić information content (AvgIpc) is 3.18. The van der Waals surface area contributed by atoms with Crippen molar-refractivity contribution in [2.75, 3.05) is 23.5 Å². The number of halogens is 1. The first-order chi connectivity index (χ1) is 11.9. The molecule has 8 heteroatoms. The molecule has 0 N–H and O–H groups in total. The van der Waals surface area contributed by atoms with Gasteiger partial charge in [-0.25, -0.2) is 18.4 Å².